The fourth-order valence-corrected chi connectivity index (χ4v) is 3.32. The predicted octanol–water partition coefficient (Wildman–Crippen LogP) is 2.80. The minimum absolute atomic E-state index is 0.255. The monoisotopic (exact) mass is 256 g/mol. The van der Waals surface area contributed by atoms with Gasteiger partial charge < -0.3 is 5.73 Å². The van der Waals surface area contributed by atoms with Crippen molar-refractivity contribution in [3.05, 3.63) is 35.4 Å². The van der Waals surface area contributed by atoms with Crippen LogP contribution in [0.3, 0.4) is 0 Å². The van der Waals surface area contributed by atoms with Gasteiger partial charge in [0.15, 0.2) is 0 Å². The van der Waals surface area contributed by atoms with Gasteiger partial charge in [0.2, 0.25) is 0 Å². The van der Waals surface area contributed by atoms with E-state index in [0.717, 1.165) is 11.1 Å². The molecule has 2 N–H and O–H groups in total. The molecule has 1 aliphatic heterocycles. The lowest BCUT2D eigenvalue weighted by atomic mass is 9.72. The van der Waals surface area contributed by atoms with Gasteiger partial charge in [-0.15, -0.1) is 4.48 Å². The molecular formula is C13H15F3N2. The fraction of sp³-hybridized carbons (Fsp3) is 0.538. The van der Waals surface area contributed by atoms with Gasteiger partial charge in [-0.3, -0.25) is 0 Å². The van der Waals surface area contributed by atoms with Crippen LogP contribution in [-0.4, -0.2) is 17.7 Å². The van der Waals surface area contributed by atoms with E-state index in [4.69, 9.17) is 5.73 Å². The third-order valence-electron chi connectivity index (χ3n) is 4.32. The van der Waals surface area contributed by atoms with Crippen LogP contribution in [-0.2, 0) is 6.42 Å². The first kappa shape index (κ1) is 12.0. The lowest BCUT2D eigenvalue weighted by Crippen LogP contribution is -2.50. The van der Waals surface area contributed by atoms with Gasteiger partial charge in [-0.1, -0.05) is 29.4 Å². The molecule has 1 aliphatic carbocycles. The van der Waals surface area contributed by atoms with Crippen molar-refractivity contribution in [1.82, 2.24) is 5.12 Å². The molecule has 1 aromatic carbocycles. The van der Waals surface area contributed by atoms with Crippen LogP contribution in [0.15, 0.2) is 24.3 Å². The van der Waals surface area contributed by atoms with Crippen molar-refractivity contribution in [2.45, 2.75) is 31.4 Å². The Bertz CT molecular complexity index is 477. The normalized spacial score (nSPS) is 34.8. The number of piperidine rings is 1. The van der Waals surface area contributed by atoms with Gasteiger partial charge in [-0.25, -0.2) is 0 Å². The van der Waals surface area contributed by atoms with Crippen LogP contribution in [0.2, 0.25) is 0 Å². The number of nitrogens with zero attached hydrogens (tertiary/aromatic N) is 1. The molecule has 2 unspecified atom stereocenters. The number of alkyl halides is 2. The van der Waals surface area contributed by atoms with Gasteiger partial charge in [0, 0.05) is 24.4 Å². The van der Waals surface area contributed by atoms with E-state index >= 15 is 0 Å². The maximum atomic E-state index is 13.6. The van der Waals surface area contributed by atoms with Crippen molar-refractivity contribution in [3.8, 4) is 0 Å². The summed E-state index contributed by atoms with van der Waals surface area (Å²) in [5.74, 6) is 0. The Morgan fingerprint density at radius 1 is 1.28 bits per heavy atom. The first-order valence-electron chi connectivity index (χ1n) is 6.09. The number of benzene rings is 1. The number of hydrogen-bond acceptors (Lipinski definition) is 2. The molecule has 0 radical (unpaired) electrons. The third-order valence-corrected chi connectivity index (χ3v) is 4.32. The van der Waals surface area contributed by atoms with E-state index < -0.39 is 23.9 Å². The quantitative estimate of drug-likeness (QED) is 0.571. The van der Waals surface area contributed by atoms with Crippen LogP contribution in [0.1, 0.15) is 30.0 Å². The van der Waals surface area contributed by atoms with Crippen molar-refractivity contribution >= 4 is 0 Å². The van der Waals surface area contributed by atoms with Crippen LogP contribution >= 0.6 is 0 Å². The van der Waals surface area contributed by atoms with Gasteiger partial charge in [0.25, 0.3) is 0 Å². The smallest absolute Gasteiger partial charge is 0.323 e. The molecule has 5 heteroatoms. The molecule has 0 amide bonds. The zero-order valence-electron chi connectivity index (χ0n) is 9.87. The van der Waals surface area contributed by atoms with Crippen LogP contribution in [0.25, 0.3) is 0 Å². The highest BCUT2D eigenvalue weighted by atomic mass is 19.3. The molecule has 3 rings (SSSR count). The highest BCUT2D eigenvalue weighted by Crippen LogP contribution is 2.55. The fourth-order valence-electron chi connectivity index (χ4n) is 3.32. The zero-order valence-corrected chi connectivity index (χ0v) is 9.87. The largest absolute Gasteiger partial charge is 0.330 e. The average Bonchev–Trinajstić information content (AvgIpc) is 2.58. The van der Waals surface area contributed by atoms with Gasteiger partial charge in [-0.2, -0.15) is 8.78 Å². The Morgan fingerprint density at radius 2 is 2.00 bits per heavy atom. The van der Waals surface area contributed by atoms with E-state index in [1.54, 1.807) is 0 Å². The molecule has 2 atom stereocenters. The van der Waals surface area contributed by atoms with E-state index in [1.807, 2.05) is 24.3 Å². The van der Waals surface area contributed by atoms with Crippen molar-refractivity contribution in [2.75, 3.05) is 6.54 Å². The van der Waals surface area contributed by atoms with Crippen molar-refractivity contribution in [2.24, 2.45) is 11.1 Å². The summed E-state index contributed by atoms with van der Waals surface area (Å²) in [5.41, 5.74) is 7.40. The molecule has 0 aromatic heterocycles. The van der Waals surface area contributed by atoms with E-state index in [1.165, 1.54) is 0 Å². The third kappa shape index (κ3) is 1.57. The summed E-state index contributed by atoms with van der Waals surface area (Å²) >= 11 is 0. The molecule has 1 fully saturated rings. The van der Waals surface area contributed by atoms with Gasteiger partial charge in [-0.05, 0) is 24.0 Å². The minimum atomic E-state index is -3.40. The van der Waals surface area contributed by atoms with E-state index in [0.29, 0.717) is 12.8 Å². The molecule has 0 bridgehead atoms. The van der Waals surface area contributed by atoms with E-state index in [2.05, 4.69) is 0 Å². The summed E-state index contributed by atoms with van der Waals surface area (Å²) in [4.78, 5) is 0. The van der Waals surface area contributed by atoms with Crippen LogP contribution in [0.4, 0.5) is 13.3 Å². The van der Waals surface area contributed by atoms with Crippen molar-refractivity contribution in [3.63, 3.8) is 0 Å². The molecule has 2 aliphatic rings. The Morgan fingerprint density at radius 3 is 2.67 bits per heavy atom. The highest BCUT2D eigenvalue weighted by Gasteiger charge is 2.56. The second-order valence-corrected chi connectivity index (χ2v) is 5.39. The zero-order chi connectivity index (χ0) is 13.0. The Labute approximate surface area is 104 Å². The first-order chi connectivity index (χ1) is 8.45. The average molecular weight is 256 g/mol. The van der Waals surface area contributed by atoms with E-state index in [-0.39, 0.29) is 11.7 Å². The molecular weight excluding hydrogens is 241 g/mol. The molecule has 1 saturated heterocycles. The van der Waals surface area contributed by atoms with Crippen LogP contribution < -0.4 is 5.73 Å². The number of halogens is 3. The number of hydrogen-bond donors (Lipinski definition) is 1. The molecule has 1 spiro atoms. The highest BCUT2D eigenvalue weighted by molar-refractivity contribution is 5.38. The molecule has 1 aromatic rings. The van der Waals surface area contributed by atoms with E-state index in [9.17, 15) is 13.3 Å². The molecule has 18 heavy (non-hydrogen) atoms. The standard InChI is InChI=1S/C13H15F3N2/c14-13(15)8-12(5-6-18(13)16)7-9-3-1-2-4-10(9)11(12)17/h1-4,11H,5-8,17H2. The number of nitrogens with two attached hydrogens (primary N) is 1. The van der Waals surface area contributed by atoms with Gasteiger partial charge in [0.05, 0.1) is 0 Å². The minimum Gasteiger partial charge on any atom is -0.323 e. The number of rotatable bonds is 0. The van der Waals surface area contributed by atoms with Crippen LogP contribution in [0, 0.1) is 5.41 Å². The summed E-state index contributed by atoms with van der Waals surface area (Å²) in [5, 5.41) is -0.353. The topological polar surface area (TPSA) is 29.3 Å². The summed E-state index contributed by atoms with van der Waals surface area (Å²) in [6, 6.07) is 3.72. The lowest BCUT2D eigenvalue weighted by molar-refractivity contribution is -0.276. The molecule has 2 nitrogen and oxygen atoms in total. The van der Waals surface area contributed by atoms with Crippen molar-refractivity contribution in [1.29, 1.82) is 0 Å². The van der Waals surface area contributed by atoms with Crippen LogP contribution in [0.5, 0.6) is 0 Å². The predicted molar refractivity (Wildman–Crippen MR) is 61.5 cm³/mol. The Hall–Kier alpha value is -1.07. The van der Waals surface area contributed by atoms with Crippen molar-refractivity contribution < 1.29 is 13.3 Å². The van der Waals surface area contributed by atoms with Gasteiger partial charge >= 0.3 is 6.05 Å². The Kier molecular flexibility index (Phi) is 2.47. The summed E-state index contributed by atoms with van der Waals surface area (Å²) in [6.07, 6.45) is 0.384. The maximum Gasteiger partial charge on any atom is 0.330 e. The van der Waals surface area contributed by atoms with Gasteiger partial charge in [0.1, 0.15) is 0 Å². The summed E-state index contributed by atoms with van der Waals surface area (Å²) in [6.45, 7) is -0.255. The second-order valence-electron chi connectivity index (χ2n) is 5.39. The molecule has 1 heterocycles. The first-order valence-corrected chi connectivity index (χ1v) is 6.09. The lowest BCUT2D eigenvalue weighted by Gasteiger charge is -2.43. The SMILES string of the molecule is NC1c2ccccc2CC12CCN(F)C(F)(F)C2. The second kappa shape index (κ2) is 3.71. The Balaban J connectivity index is 1.96. The number of fused-ring (bicyclic) bond motifs is 1. The molecule has 0 saturated carbocycles. The maximum absolute atomic E-state index is 13.6. The molecule has 98 valence electrons. The summed E-state index contributed by atoms with van der Waals surface area (Å²) < 4.78 is 40.3. The summed E-state index contributed by atoms with van der Waals surface area (Å²) in [7, 11) is 0.